The maximum Gasteiger partial charge on any atom is 0.0714 e. The van der Waals surface area contributed by atoms with Gasteiger partial charge in [0.25, 0.3) is 0 Å². The first kappa shape index (κ1) is 12.3. The lowest BCUT2D eigenvalue weighted by Gasteiger charge is -2.45. The van der Waals surface area contributed by atoms with E-state index in [1.54, 1.807) is 0 Å². The van der Waals surface area contributed by atoms with Crippen molar-refractivity contribution in [3.8, 4) is 0 Å². The molecule has 0 aliphatic carbocycles. The Morgan fingerprint density at radius 1 is 1.50 bits per heavy atom. The van der Waals surface area contributed by atoms with Crippen molar-refractivity contribution >= 4 is 0 Å². The van der Waals surface area contributed by atoms with Crippen LogP contribution in [0, 0.1) is 5.92 Å². The van der Waals surface area contributed by atoms with Crippen LogP contribution in [0.3, 0.4) is 0 Å². The summed E-state index contributed by atoms with van der Waals surface area (Å²) in [4.78, 5) is 2.55. The SMILES string of the molecule is CCCC(CN)C1(O)CCN2CCCC2C1. The molecule has 3 atom stereocenters. The van der Waals surface area contributed by atoms with E-state index in [1.807, 2.05) is 0 Å². The molecule has 3 heteroatoms. The van der Waals surface area contributed by atoms with Crippen LogP contribution in [-0.2, 0) is 0 Å². The zero-order valence-electron chi connectivity index (χ0n) is 10.5. The molecule has 2 saturated heterocycles. The zero-order valence-corrected chi connectivity index (χ0v) is 10.5. The van der Waals surface area contributed by atoms with Crippen LogP contribution in [0.5, 0.6) is 0 Å². The summed E-state index contributed by atoms with van der Waals surface area (Å²) in [7, 11) is 0. The summed E-state index contributed by atoms with van der Waals surface area (Å²) < 4.78 is 0. The van der Waals surface area contributed by atoms with Crippen LogP contribution in [-0.4, -0.2) is 41.3 Å². The van der Waals surface area contributed by atoms with Gasteiger partial charge in [-0.15, -0.1) is 0 Å². The van der Waals surface area contributed by atoms with Crippen molar-refractivity contribution in [2.75, 3.05) is 19.6 Å². The number of nitrogens with two attached hydrogens (primary N) is 1. The van der Waals surface area contributed by atoms with Gasteiger partial charge in [0, 0.05) is 12.6 Å². The van der Waals surface area contributed by atoms with Gasteiger partial charge in [-0.1, -0.05) is 13.3 Å². The van der Waals surface area contributed by atoms with E-state index in [2.05, 4.69) is 11.8 Å². The smallest absolute Gasteiger partial charge is 0.0714 e. The van der Waals surface area contributed by atoms with E-state index in [0.717, 1.165) is 32.2 Å². The summed E-state index contributed by atoms with van der Waals surface area (Å²) in [5.41, 5.74) is 5.36. The Hall–Kier alpha value is -0.120. The highest BCUT2D eigenvalue weighted by molar-refractivity contribution is 4.98. The Kier molecular flexibility index (Phi) is 3.88. The predicted octanol–water partition coefficient (Wildman–Crippen LogP) is 1.35. The summed E-state index contributed by atoms with van der Waals surface area (Å²) in [6.45, 7) is 5.12. The monoisotopic (exact) mass is 226 g/mol. The lowest BCUT2D eigenvalue weighted by Crippen LogP contribution is -2.53. The first-order valence-corrected chi connectivity index (χ1v) is 6.86. The van der Waals surface area contributed by atoms with Gasteiger partial charge in [0.15, 0.2) is 0 Å². The molecule has 0 amide bonds. The van der Waals surface area contributed by atoms with Gasteiger partial charge in [-0.2, -0.15) is 0 Å². The number of aliphatic hydroxyl groups is 1. The van der Waals surface area contributed by atoms with Gasteiger partial charge >= 0.3 is 0 Å². The van der Waals surface area contributed by atoms with Gasteiger partial charge in [-0.25, -0.2) is 0 Å². The number of piperidine rings is 1. The molecule has 0 aromatic heterocycles. The Labute approximate surface area is 99.0 Å². The van der Waals surface area contributed by atoms with Crippen LogP contribution in [0.2, 0.25) is 0 Å². The molecule has 2 aliphatic heterocycles. The van der Waals surface area contributed by atoms with Crippen LogP contribution in [0.15, 0.2) is 0 Å². The van der Waals surface area contributed by atoms with Crippen molar-refractivity contribution in [3.05, 3.63) is 0 Å². The van der Waals surface area contributed by atoms with Crippen LogP contribution in [0.1, 0.15) is 45.4 Å². The zero-order chi connectivity index (χ0) is 11.6. The highest BCUT2D eigenvalue weighted by atomic mass is 16.3. The molecule has 0 spiro atoms. The second-order valence-corrected chi connectivity index (χ2v) is 5.61. The average molecular weight is 226 g/mol. The Balaban J connectivity index is 2.01. The molecule has 0 bridgehead atoms. The molecule has 3 nitrogen and oxygen atoms in total. The van der Waals surface area contributed by atoms with E-state index in [0.29, 0.717) is 18.5 Å². The van der Waals surface area contributed by atoms with E-state index in [9.17, 15) is 5.11 Å². The number of hydrogen-bond donors (Lipinski definition) is 2. The quantitative estimate of drug-likeness (QED) is 0.761. The topological polar surface area (TPSA) is 49.5 Å². The van der Waals surface area contributed by atoms with Crippen molar-refractivity contribution in [1.29, 1.82) is 0 Å². The lowest BCUT2D eigenvalue weighted by molar-refractivity contribution is -0.0789. The molecule has 0 radical (unpaired) electrons. The fourth-order valence-electron chi connectivity index (χ4n) is 3.59. The maximum absolute atomic E-state index is 10.8. The van der Waals surface area contributed by atoms with Crippen LogP contribution < -0.4 is 5.73 Å². The molecule has 2 fully saturated rings. The van der Waals surface area contributed by atoms with Crippen molar-refractivity contribution in [2.45, 2.75) is 57.1 Å². The normalized spacial score (nSPS) is 37.3. The van der Waals surface area contributed by atoms with E-state index in [4.69, 9.17) is 5.73 Å². The summed E-state index contributed by atoms with van der Waals surface area (Å²) >= 11 is 0. The molecular formula is C13H26N2O. The molecular weight excluding hydrogens is 200 g/mol. The molecule has 3 N–H and O–H groups in total. The van der Waals surface area contributed by atoms with E-state index < -0.39 is 5.60 Å². The molecule has 16 heavy (non-hydrogen) atoms. The van der Waals surface area contributed by atoms with E-state index in [1.165, 1.54) is 19.4 Å². The summed E-state index contributed by atoms with van der Waals surface area (Å²) in [5, 5.41) is 10.8. The Bertz CT molecular complexity index is 234. The first-order valence-electron chi connectivity index (χ1n) is 6.86. The summed E-state index contributed by atoms with van der Waals surface area (Å²) in [6.07, 6.45) is 6.64. The molecule has 0 aromatic rings. The minimum absolute atomic E-state index is 0.306. The highest BCUT2D eigenvalue weighted by Gasteiger charge is 2.43. The van der Waals surface area contributed by atoms with Crippen LogP contribution in [0.25, 0.3) is 0 Å². The van der Waals surface area contributed by atoms with Gasteiger partial charge in [0.2, 0.25) is 0 Å². The standard InChI is InChI=1S/C13H26N2O/c1-2-4-11(10-14)13(16)6-8-15-7-3-5-12(15)9-13/h11-12,16H,2-10,14H2,1H3. The van der Waals surface area contributed by atoms with Gasteiger partial charge in [0.1, 0.15) is 0 Å². The Morgan fingerprint density at radius 2 is 2.31 bits per heavy atom. The summed E-state index contributed by atoms with van der Waals surface area (Å²) in [5.74, 6) is 0.306. The van der Waals surface area contributed by atoms with Crippen molar-refractivity contribution in [3.63, 3.8) is 0 Å². The third-order valence-electron chi connectivity index (χ3n) is 4.60. The van der Waals surface area contributed by atoms with E-state index in [-0.39, 0.29) is 0 Å². The molecule has 2 rings (SSSR count). The molecule has 94 valence electrons. The number of hydrogen-bond acceptors (Lipinski definition) is 3. The largest absolute Gasteiger partial charge is 0.389 e. The van der Waals surface area contributed by atoms with Gasteiger partial charge in [-0.3, -0.25) is 0 Å². The minimum atomic E-state index is -0.476. The van der Waals surface area contributed by atoms with Crippen molar-refractivity contribution in [1.82, 2.24) is 4.90 Å². The number of nitrogens with zero attached hydrogens (tertiary/aromatic N) is 1. The van der Waals surface area contributed by atoms with Crippen molar-refractivity contribution in [2.24, 2.45) is 11.7 Å². The van der Waals surface area contributed by atoms with Gasteiger partial charge < -0.3 is 15.7 Å². The molecule has 0 aromatic carbocycles. The number of fused-ring (bicyclic) bond motifs is 1. The minimum Gasteiger partial charge on any atom is -0.389 e. The molecule has 2 heterocycles. The van der Waals surface area contributed by atoms with Crippen LogP contribution in [0.4, 0.5) is 0 Å². The van der Waals surface area contributed by atoms with E-state index >= 15 is 0 Å². The lowest BCUT2D eigenvalue weighted by atomic mass is 9.75. The summed E-state index contributed by atoms with van der Waals surface area (Å²) in [6, 6.07) is 0.629. The fraction of sp³-hybridized carbons (Fsp3) is 1.00. The second kappa shape index (κ2) is 5.03. The molecule has 3 unspecified atom stereocenters. The Morgan fingerprint density at radius 3 is 3.00 bits per heavy atom. The van der Waals surface area contributed by atoms with Gasteiger partial charge in [0.05, 0.1) is 5.60 Å². The fourth-order valence-corrected chi connectivity index (χ4v) is 3.59. The predicted molar refractivity (Wildman–Crippen MR) is 66.2 cm³/mol. The van der Waals surface area contributed by atoms with Gasteiger partial charge in [-0.05, 0) is 51.1 Å². The van der Waals surface area contributed by atoms with Crippen LogP contribution >= 0.6 is 0 Å². The molecule has 2 aliphatic rings. The first-order chi connectivity index (χ1) is 7.69. The maximum atomic E-state index is 10.8. The second-order valence-electron chi connectivity index (χ2n) is 5.61. The van der Waals surface area contributed by atoms with Crippen molar-refractivity contribution < 1.29 is 5.11 Å². The third kappa shape index (κ3) is 2.27. The molecule has 0 saturated carbocycles. The third-order valence-corrected chi connectivity index (χ3v) is 4.60. The highest BCUT2D eigenvalue weighted by Crippen LogP contribution is 2.38. The number of rotatable bonds is 4. The average Bonchev–Trinajstić information content (AvgIpc) is 2.72.